The number of benzene rings is 1. The number of hydrogen-bond donors (Lipinski definition) is 1. The molecule has 0 saturated carbocycles. The number of rotatable bonds is 7. The SMILES string of the molecule is CC(C)(C)C(=O)c1cn(COCC[Si](C)(C)C)c2ncc(-c3ccc4[nH]ccc4c3)nc12. The first-order valence-corrected chi connectivity index (χ1v) is 14.8. The molecule has 6 nitrogen and oxygen atoms in total. The van der Waals surface area contributed by atoms with Crippen molar-refractivity contribution in [2.45, 2.75) is 53.2 Å². The lowest BCUT2D eigenvalue weighted by Crippen LogP contribution is -2.22. The number of fused-ring (bicyclic) bond motifs is 2. The minimum absolute atomic E-state index is 0.0517. The zero-order chi connectivity index (χ0) is 23.1. The van der Waals surface area contributed by atoms with Gasteiger partial charge >= 0.3 is 0 Å². The van der Waals surface area contributed by atoms with Crippen molar-refractivity contribution in [2.75, 3.05) is 6.61 Å². The molecule has 32 heavy (non-hydrogen) atoms. The Morgan fingerprint density at radius 2 is 1.97 bits per heavy atom. The molecule has 0 radical (unpaired) electrons. The highest BCUT2D eigenvalue weighted by Crippen LogP contribution is 2.29. The average molecular weight is 449 g/mol. The summed E-state index contributed by atoms with van der Waals surface area (Å²) < 4.78 is 7.86. The molecule has 0 bridgehead atoms. The Bertz CT molecular complexity index is 1270. The number of nitrogens with zero attached hydrogens (tertiary/aromatic N) is 3. The maximum absolute atomic E-state index is 13.2. The van der Waals surface area contributed by atoms with Crippen LogP contribution in [-0.2, 0) is 11.5 Å². The van der Waals surface area contributed by atoms with Crippen LogP contribution in [0.3, 0.4) is 0 Å². The molecule has 0 spiro atoms. The Kier molecular flexibility index (Phi) is 5.81. The van der Waals surface area contributed by atoms with E-state index in [9.17, 15) is 4.79 Å². The molecule has 4 rings (SSSR count). The van der Waals surface area contributed by atoms with Crippen LogP contribution in [0.5, 0.6) is 0 Å². The highest BCUT2D eigenvalue weighted by Gasteiger charge is 2.28. The third kappa shape index (κ3) is 4.68. The maximum atomic E-state index is 13.2. The van der Waals surface area contributed by atoms with Crippen molar-refractivity contribution in [3.63, 3.8) is 0 Å². The molecule has 1 N–H and O–H groups in total. The number of ketones is 1. The summed E-state index contributed by atoms with van der Waals surface area (Å²) in [5.41, 5.74) is 4.19. The molecule has 0 amide bonds. The van der Waals surface area contributed by atoms with Crippen molar-refractivity contribution in [2.24, 2.45) is 5.41 Å². The van der Waals surface area contributed by atoms with Crippen LogP contribution >= 0.6 is 0 Å². The van der Waals surface area contributed by atoms with Gasteiger partial charge in [0.05, 0.1) is 17.5 Å². The highest BCUT2D eigenvalue weighted by atomic mass is 28.3. The number of carbonyl (C=O) groups is 1. The molecule has 3 heterocycles. The van der Waals surface area contributed by atoms with E-state index in [0.29, 0.717) is 30.1 Å². The van der Waals surface area contributed by atoms with Gasteiger partial charge in [0.15, 0.2) is 11.4 Å². The van der Waals surface area contributed by atoms with Gasteiger partial charge in [0.1, 0.15) is 12.2 Å². The third-order valence-corrected chi connectivity index (χ3v) is 7.27. The number of aromatic amines is 1. The van der Waals surface area contributed by atoms with E-state index in [0.717, 1.165) is 28.2 Å². The van der Waals surface area contributed by atoms with E-state index in [1.165, 1.54) is 0 Å². The molecule has 0 aliphatic heterocycles. The summed E-state index contributed by atoms with van der Waals surface area (Å²) in [5.74, 6) is 0.0517. The number of H-pyrrole nitrogens is 1. The van der Waals surface area contributed by atoms with Crippen molar-refractivity contribution in [3.05, 3.63) is 48.4 Å². The van der Waals surface area contributed by atoms with Crippen LogP contribution in [0, 0.1) is 5.41 Å². The fourth-order valence-corrected chi connectivity index (χ4v) is 4.37. The van der Waals surface area contributed by atoms with Gasteiger partial charge in [0.25, 0.3) is 0 Å². The van der Waals surface area contributed by atoms with E-state index in [2.05, 4.69) is 30.7 Å². The molecule has 0 atom stereocenters. The zero-order valence-electron chi connectivity index (χ0n) is 19.8. The minimum atomic E-state index is -1.16. The Labute approximate surface area is 190 Å². The van der Waals surface area contributed by atoms with Gasteiger partial charge in [-0.1, -0.05) is 46.5 Å². The lowest BCUT2D eigenvalue weighted by molar-refractivity contribution is 0.0849. The Morgan fingerprint density at radius 3 is 2.69 bits per heavy atom. The second kappa shape index (κ2) is 8.29. The van der Waals surface area contributed by atoms with Gasteiger partial charge in [-0.15, -0.1) is 0 Å². The number of nitrogens with one attached hydrogen (secondary N) is 1. The van der Waals surface area contributed by atoms with E-state index in [4.69, 9.17) is 14.7 Å². The van der Waals surface area contributed by atoms with Gasteiger partial charge in [-0.05, 0) is 24.2 Å². The van der Waals surface area contributed by atoms with E-state index >= 15 is 0 Å². The molecule has 0 fully saturated rings. The van der Waals surface area contributed by atoms with Crippen LogP contribution in [0.4, 0.5) is 0 Å². The minimum Gasteiger partial charge on any atom is -0.361 e. The summed E-state index contributed by atoms with van der Waals surface area (Å²) in [5, 5.41) is 1.11. The molecule has 0 aliphatic carbocycles. The average Bonchev–Trinajstić information content (AvgIpc) is 3.33. The van der Waals surface area contributed by atoms with Gasteiger partial charge in [-0.3, -0.25) is 4.79 Å². The summed E-state index contributed by atoms with van der Waals surface area (Å²) in [6, 6.07) is 9.28. The summed E-state index contributed by atoms with van der Waals surface area (Å²) in [4.78, 5) is 26.0. The molecule has 0 saturated heterocycles. The summed E-state index contributed by atoms with van der Waals surface area (Å²) in [6.45, 7) is 13.9. The summed E-state index contributed by atoms with van der Waals surface area (Å²) in [6.07, 6.45) is 5.55. The molecule has 168 valence electrons. The standard InChI is InChI=1S/C25H32N4O2Si/c1-25(2,3)23(30)19-15-29(16-31-11-12-32(4,5)6)24-22(19)28-21(14-27-24)17-7-8-20-18(13-17)9-10-26-20/h7-10,13-15,26H,11-12,16H2,1-6H3. The Morgan fingerprint density at radius 1 is 1.19 bits per heavy atom. The molecular formula is C25H32N4O2Si. The number of Topliss-reactive ketones (excluding diaryl/α,β-unsaturated/α-hetero) is 1. The van der Waals surface area contributed by atoms with Gasteiger partial charge in [-0.25, -0.2) is 9.97 Å². The molecule has 4 aromatic rings. The second-order valence-electron chi connectivity index (χ2n) is 10.6. The van der Waals surface area contributed by atoms with Crippen molar-refractivity contribution in [1.82, 2.24) is 19.5 Å². The number of carbonyl (C=O) groups excluding carboxylic acids is 1. The highest BCUT2D eigenvalue weighted by molar-refractivity contribution is 6.76. The molecule has 0 unspecified atom stereocenters. The quantitative estimate of drug-likeness (QED) is 0.210. The molecule has 1 aromatic carbocycles. The fraction of sp³-hybridized carbons (Fsp3) is 0.400. The first-order chi connectivity index (χ1) is 15.0. The summed E-state index contributed by atoms with van der Waals surface area (Å²) in [7, 11) is -1.16. The van der Waals surface area contributed by atoms with E-state index in [1.807, 2.05) is 55.9 Å². The predicted molar refractivity (Wildman–Crippen MR) is 133 cm³/mol. The van der Waals surface area contributed by atoms with Gasteiger partial charge in [0.2, 0.25) is 0 Å². The van der Waals surface area contributed by atoms with E-state index < -0.39 is 13.5 Å². The number of aromatic nitrogens is 4. The second-order valence-corrected chi connectivity index (χ2v) is 16.3. The monoisotopic (exact) mass is 448 g/mol. The molecule has 0 aliphatic rings. The number of ether oxygens (including phenoxy) is 1. The van der Waals surface area contributed by atoms with Crippen LogP contribution in [0.1, 0.15) is 31.1 Å². The van der Waals surface area contributed by atoms with Crippen LogP contribution < -0.4 is 0 Å². The topological polar surface area (TPSA) is 72.8 Å². The van der Waals surface area contributed by atoms with Gasteiger partial charge < -0.3 is 14.3 Å². The maximum Gasteiger partial charge on any atom is 0.171 e. The smallest absolute Gasteiger partial charge is 0.171 e. The Balaban J connectivity index is 1.73. The zero-order valence-corrected chi connectivity index (χ0v) is 20.8. The van der Waals surface area contributed by atoms with Gasteiger partial charge in [0, 0.05) is 49.0 Å². The van der Waals surface area contributed by atoms with E-state index in [-0.39, 0.29) is 5.78 Å². The largest absolute Gasteiger partial charge is 0.361 e. The van der Waals surface area contributed by atoms with Gasteiger partial charge in [-0.2, -0.15) is 0 Å². The van der Waals surface area contributed by atoms with Crippen molar-refractivity contribution in [3.8, 4) is 11.3 Å². The van der Waals surface area contributed by atoms with Crippen LogP contribution in [0.2, 0.25) is 25.7 Å². The molecule has 3 aromatic heterocycles. The molecule has 7 heteroatoms. The van der Waals surface area contributed by atoms with E-state index in [1.54, 1.807) is 6.20 Å². The third-order valence-electron chi connectivity index (χ3n) is 5.57. The number of hydrogen-bond acceptors (Lipinski definition) is 4. The van der Waals surface area contributed by atoms with Crippen LogP contribution in [-0.4, -0.2) is 40.0 Å². The van der Waals surface area contributed by atoms with Crippen molar-refractivity contribution >= 4 is 35.9 Å². The van der Waals surface area contributed by atoms with Crippen molar-refractivity contribution in [1.29, 1.82) is 0 Å². The molecular weight excluding hydrogens is 416 g/mol. The first kappa shape index (κ1) is 22.4. The normalized spacial score (nSPS) is 12.7. The van der Waals surface area contributed by atoms with Crippen LogP contribution in [0.25, 0.3) is 33.3 Å². The predicted octanol–water partition coefficient (Wildman–Crippen LogP) is 6.12. The first-order valence-electron chi connectivity index (χ1n) is 11.1. The summed E-state index contributed by atoms with van der Waals surface area (Å²) >= 11 is 0. The fourth-order valence-electron chi connectivity index (χ4n) is 3.61. The Hall–Kier alpha value is -2.77. The van der Waals surface area contributed by atoms with Crippen LogP contribution in [0.15, 0.2) is 42.9 Å². The lowest BCUT2D eigenvalue weighted by atomic mass is 9.87. The van der Waals surface area contributed by atoms with Crippen molar-refractivity contribution < 1.29 is 9.53 Å². The lowest BCUT2D eigenvalue weighted by Gasteiger charge is -2.16.